The molecule has 0 aromatic carbocycles. The second-order valence-corrected chi connectivity index (χ2v) is 5.54. The first-order chi connectivity index (χ1) is 10.0. The summed E-state index contributed by atoms with van der Waals surface area (Å²) in [6.45, 7) is 1.78. The molecule has 0 aliphatic rings. The molecule has 1 rings (SSSR count). The Hall–Kier alpha value is -1.76. The number of amides is 1. The number of aromatic nitrogens is 1. The lowest BCUT2D eigenvalue weighted by Crippen LogP contribution is -2.45. The van der Waals surface area contributed by atoms with Gasteiger partial charge in [0.1, 0.15) is 12.1 Å². The van der Waals surface area contributed by atoms with Crippen LogP contribution in [0.3, 0.4) is 0 Å². The summed E-state index contributed by atoms with van der Waals surface area (Å²) < 4.78 is 1.32. The van der Waals surface area contributed by atoms with Crippen LogP contribution in [-0.2, 0) is 9.59 Å². The van der Waals surface area contributed by atoms with Crippen LogP contribution in [0.5, 0.6) is 0 Å². The van der Waals surface area contributed by atoms with Crippen LogP contribution in [-0.4, -0.2) is 39.6 Å². The van der Waals surface area contributed by atoms with E-state index in [1.165, 1.54) is 28.6 Å². The predicted octanol–water partition coefficient (Wildman–Crippen LogP) is 1.12. The van der Waals surface area contributed by atoms with E-state index in [0.29, 0.717) is 18.6 Å². The van der Waals surface area contributed by atoms with Crippen molar-refractivity contribution in [3.8, 4) is 0 Å². The van der Waals surface area contributed by atoms with E-state index in [4.69, 9.17) is 5.11 Å². The summed E-state index contributed by atoms with van der Waals surface area (Å²) in [5.74, 6) is -0.869. The molecule has 1 heterocycles. The van der Waals surface area contributed by atoms with Gasteiger partial charge in [0.05, 0.1) is 0 Å². The highest BCUT2D eigenvalue weighted by atomic mass is 32.2. The number of pyridine rings is 1. The summed E-state index contributed by atoms with van der Waals surface area (Å²) in [4.78, 5) is 35.2. The summed E-state index contributed by atoms with van der Waals surface area (Å²) in [7, 11) is 0. The molecule has 2 atom stereocenters. The lowest BCUT2D eigenvalue weighted by atomic mass is 10.1. The van der Waals surface area contributed by atoms with Crippen molar-refractivity contribution in [1.82, 2.24) is 9.88 Å². The number of rotatable bonds is 8. The number of hydrogen-bond donors (Lipinski definition) is 2. The van der Waals surface area contributed by atoms with Gasteiger partial charge in [-0.2, -0.15) is 11.8 Å². The molecule has 0 spiro atoms. The largest absolute Gasteiger partial charge is 0.480 e. The van der Waals surface area contributed by atoms with Crippen LogP contribution in [0.2, 0.25) is 0 Å². The monoisotopic (exact) mass is 312 g/mol. The van der Waals surface area contributed by atoms with Gasteiger partial charge in [-0.15, -0.1) is 0 Å². The van der Waals surface area contributed by atoms with Crippen molar-refractivity contribution in [3.05, 3.63) is 34.7 Å². The molecule has 21 heavy (non-hydrogen) atoms. The van der Waals surface area contributed by atoms with Gasteiger partial charge < -0.3 is 15.0 Å². The Morgan fingerprint density at radius 2 is 2.14 bits per heavy atom. The number of carboxylic acids is 1. The topological polar surface area (TPSA) is 88.4 Å². The van der Waals surface area contributed by atoms with Crippen molar-refractivity contribution >= 4 is 23.6 Å². The van der Waals surface area contributed by atoms with Crippen LogP contribution in [0.4, 0.5) is 0 Å². The Kier molecular flexibility index (Phi) is 7.01. The second kappa shape index (κ2) is 8.51. The number of hydrogen-bond acceptors (Lipinski definition) is 4. The highest BCUT2D eigenvalue weighted by Gasteiger charge is 2.25. The van der Waals surface area contributed by atoms with Gasteiger partial charge in [-0.3, -0.25) is 9.59 Å². The van der Waals surface area contributed by atoms with Gasteiger partial charge in [0.15, 0.2) is 0 Å². The third kappa shape index (κ3) is 4.93. The van der Waals surface area contributed by atoms with E-state index in [1.807, 2.05) is 6.26 Å². The molecule has 2 N–H and O–H groups in total. The molecule has 0 saturated carbocycles. The first kappa shape index (κ1) is 17.3. The number of carboxylic acid groups (broad SMARTS) is 1. The SMILES string of the molecule is CCC(C(=O)NC(CCSC)C(=O)O)n1ccccc1=O. The summed E-state index contributed by atoms with van der Waals surface area (Å²) in [6, 6.07) is 3.01. The first-order valence-corrected chi connectivity index (χ1v) is 8.10. The van der Waals surface area contributed by atoms with Crippen molar-refractivity contribution in [1.29, 1.82) is 0 Å². The highest BCUT2D eigenvalue weighted by molar-refractivity contribution is 7.98. The molecule has 7 heteroatoms. The molecule has 6 nitrogen and oxygen atoms in total. The van der Waals surface area contributed by atoms with E-state index in [0.717, 1.165) is 0 Å². The zero-order valence-corrected chi connectivity index (χ0v) is 12.9. The predicted molar refractivity (Wildman–Crippen MR) is 82.6 cm³/mol. The number of carbonyl (C=O) groups excluding carboxylic acids is 1. The molecule has 0 fully saturated rings. The first-order valence-electron chi connectivity index (χ1n) is 6.70. The van der Waals surface area contributed by atoms with Crippen molar-refractivity contribution in [2.75, 3.05) is 12.0 Å². The molecule has 1 aromatic heterocycles. The normalized spacial score (nSPS) is 13.4. The number of aliphatic carboxylic acids is 1. The lowest BCUT2D eigenvalue weighted by Gasteiger charge is -2.21. The second-order valence-electron chi connectivity index (χ2n) is 4.55. The van der Waals surface area contributed by atoms with Crippen LogP contribution in [0.1, 0.15) is 25.8 Å². The molecule has 0 aliphatic carbocycles. The van der Waals surface area contributed by atoms with E-state index in [9.17, 15) is 14.4 Å². The highest BCUT2D eigenvalue weighted by Crippen LogP contribution is 2.10. The van der Waals surface area contributed by atoms with Crippen LogP contribution in [0, 0.1) is 0 Å². The van der Waals surface area contributed by atoms with E-state index < -0.39 is 24.0 Å². The molecule has 116 valence electrons. The average molecular weight is 312 g/mol. The van der Waals surface area contributed by atoms with Gasteiger partial charge in [0.25, 0.3) is 5.56 Å². The van der Waals surface area contributed by atoms with E-state index >= 15 is 0 Å². The minimum atomic E-state index is -1.06. The molecule has 0 saturated heterocycles. The fourth-order valence-corrected chi connectivity index (χ4v) is 2.44. The van der Waals surface area contributed by atoms with Gasteiger partial charge in [-0.05, 0) is 30.9 Å². The van der Waals surface area contributed by atoms with E-state index in [-0.39, 0.29) is 5.56 Å². The molecule has 0 bridgehead atoms. The molecule has 0 aliphatic heterocycles. The number of nitrogens with zero attached hydrogens (tertiary/aromatic N) is 1. The Morgan fingerprint density at radius 3 is 2.67 bits per heavy atom. The molecule has 1 aromatic rings. The summed E-state index contributed by atoms with van der Waals surface area (Å²) in [5.41, 5.74) is -0.282. The maximum Gasteiger partial charge on any atom is 0.326 e. The van der Waals surface area contributed by atoms with Crippen LogP contribution < -0.4 is 10.9 Å². The summed E-state index contributed by atoms with van der Waals surface area (Å²) in [5, 5.41) is 11.7. The molecule has 0 radical (unpaired) electrons. The smallest absolute Gasteiger partial charge is 0.326 e. The fraction of sp³-hybridized carbons (Fsp3) is 0.500. The van der Waals surface area contributed by atoms with Crippen LogP contribution >= 0.6 is 11.8 Å². The Morgan fingerprint density at radius 1 is 1.43 bits per heavy atom. The van der Waals surface area contributed by atoms with Crippen molar-refractivity contribution in [2.24, 2.45) is 0 Å². The third-order valence-corrected chi connectivity index (χ3v) is 3.75. The number of nitrogens with one attached hydrogen (secondary N) is 1. The standard InChI is InChI=1S/C14H20N2O4S/c1-3-11(16-8-5-4-6-12(16)17)13(18)15-10(14(19)20)7-9-21-2/h4-6,8,10-11H,3,7,9H2,1-2H3,(H,15,18)(H,19,20). The van der Waals surface area contributed by atoms with Gasteiger partial charge in [-0.1, -0.05) is 13.0 Å². The molecule has 1 amide bonds. The average Bonchev–Trinajstić information content (AvgIpc) is 2.45. The Balaban J connectivity index is 2.86. The van der Waals surface area contributed by atoms with Crippen molar-refractivity contribution < 1.29 is 14.7 Å². The minimum Gasteiger partial charge on any atom is -0.480 e. The number of carbonyl (C=O) groups is 2. The molecule has 2 unspecified atom stereocenters. The quantitative estimate of drug-likeness (QED) is 0.751. The van der Waals surface area contributed by atoms with E-state index in [1.54, 1.807) is 19.1 Å². The van der Waals surface area contributed by atoms with Gasteiger partial charge in [0.2, 0.25) is 5.91 Å². The zero-order chi connectivity index (χ0) is 15.8. The summed E-state index contributed by atoms with van der Waals surface area (Å²) in [6.07, 6.45) is 4.17. The minimum absolute atomic E-state index is 0.282. The third-order valence-electron chi connectivity index (χ3n) is 3.10. The van der Waals surface area contributed by atoms with E-state index in [2.05, 4.69) is 5.32 Å². The van der Waals surface area contributed by atoms with Crippen LogP contribution in [0.15, 0.2) is 29.2 Å². The molecular formula is C14H20N2O4S. The molecular weight excluding hydrogens is 292 g/mol. The zero-order valence-electron chi connectivity index (χ0n) is 12.1. The van der Waals surface area contributed by atoms with Gasteiger partial charge in [-0.25, -0.2) is 4.79 Å². The van der Waals surface area contributed by atoms with Gasteiger partial charge in [0, 0.05) is 12.3 Å². The van der Waals surface area contributed by atoms with Gasteiger partial charge >= 0.3 is 5.97 Å². The van der Waals surface area contributed by atoms with Crippen LogP contribution in [0.25, 0.3) is 0 Å². The number of thioether (sulfide) groups is 1. The Bertz CT molecular complexity index is 544. The Labute approximate surface area is 127 Å². The maximum absolute atomic E-state index is 12.3. The lowest BCUT2D eigenvalue weighted by molar-refractivity contribution is -0.142. The van der Waals surface area contributed by atoms with Crippen molar-refractivity contribution in [2.45, 2.75) is 31.8 Å². The summed E-state index contributed by atoms with van der Waals surface area (Å²) >= 11 is 1.52. The van der Waals surface area contributed by atoms with Crippen molar-refractivity contribution in [3.63, 3.8) is 0 Å². The fourth-order valence-electron chi connectivity index (χ4n) is 1.97. The maximum atomic E-state index is 12.3.